The number of hydrogen-bond acceptors (Lipinski definition) is 8. The molecule has 5 heterocycles. The maximum Gasteiger partial charge on any atom is 0.321 e. The minimum atomic E-state index is -1.07. The maximum absolute atomic E-state index is 13.4. The number of nitrogens with zero attached hydrogens (tertiary/aromatic N) is 2. The Morgan fingerprint density at radius 2 is 1.55 bits per heavy atom. The highest BCUT2D eigenvalue weighted by Crippen LogP contribution is 2.46. The number of methoxy groups -OCH3 is 1. The molecule has 0 unspecified atom stereocenters. The molecule has 2 aliphatic heterocycles. The molecule has 0 fully saturated rings. The number of nitrogens with one attached hydrogen (secondary N) is 2. The van der Waals surface area contributed by atoms with E-state index in [1.54, 1.807) is 13.8 Å². The van der Waals surface area contributed by atoms with Gasteiger partial charge in [0.05, 0.1) is 36.2 Å². The number of carbonyl (C=O) groups excluding carboxylic acids is 2. The van der Waals surface area contributed by atoms with Crippen molar-refractivity contribution < 1.29 is 29.3 Å². The van der Waals surface area contributed by atoms with Crippen LogP contribution in [0, 0.1) is 13.8 Å². The summed E-state index contributed by atoms with van der Waals surface area (Å²) in [6, 6.07) is 6.06. The summed E-state index contributed by atoms with van der Waals surface area (Å²) >= 11 is 0. The van der Waals surface area contributed by atoms with Crippen molar-refractivity contribution >= 4 is 45.5 Å². The third-order valence-electron chi connectivity index (χ3n) is 10.4. The number of aromatic nitrogens is 4. The van der Waals surface area contributed by atoms with E-state index >= 15 is 0 Å². The fourth-order valence-corrected chi connectivity index (χ4v) is 7.87. The van der Waals surface area contributed by atoms with Gasteiger partial charge < -0.3 is 29.7 Å². The van der Waals surface area contributed by atoms with Gasteiger partial charge in [-0.15, -0.1) is 0 Å². The molecule has 3 aromatic heterocycles. The van der Waals surface area contributed by atoms with E-state index < -0.39 is 11.9 Å². The number of ether oxygens (including phenoxy) is 2. The Labute approximate surface area is 273 Å². The third kappa shape index (κ3) is 5.18. The van der Waals surface area contributed by atoms with E-state index in [1.807, 2.05) is 32.0 Å². The Morgan fingerprint density at radius 3 is 2.21 bits per heavy atom. The average Bonchev–Trinajstić information content (AvgIpc) is 3.77. The van der Waals surface area contributed by atoms with Gasteiger partial charge in [0, 0.05) is 74.2 Å². The van der Waals surface area contributed by atoms with Crippen LogP contribution in [0.4, 0.5) is 0 Å². The van der Waals surface area contributed by atoms with Crippen molar-refractivity contribution in [3.05, 3.63) is 68.1 Å². The molecule has 0 amide bonds. The van der Waals surface area contributed by atoms with Crippen molar-refractivity contribution in [1.82, 2.24) is 19.9 Å². The molecule has 4 N–H and O–H groups in total. The highest BCUT2D eigenvalue weighted by Gasteiger charge is 2.41. The van der Waals surface area contributed by atoms with Gasteiger partial charge >= 0.3 is 11.9 Å². The fraction of sp³-hybridized carbons (Fsp3) is 0.459. The first-order chi connectivity index (χ1) is 22.4. The van der Waals surface area contributed by atoms with E-state index in [9.17, 15) is 19.8 Å². The molecule has 0 saturated heterocycles. The molecule has 1 aliphatic carbocycles. The van der Waals surface area contributed by atoms with E-state index in [0.717, 1.165) is 56.4 Å². The predicted octanol–water partition coefficient (Wildman–Crippen LogP) is 6.08. The van der Waals surface area contributed by atoms with Crippen LogP contribution >= 0.6 is 0 Å². The summed E-state index contributed by atoms with van der Waals surface area (Å²) in [5, 5.41) is 23.8. The topological polar surface area (TPSA) is 150 Å². The molecular formula is C37H44N4O6. The Kier molecular flexibility index (Phi) is 8.40. The lowest BCUT2D eigenvalue weighted by atomic mass is 9.84. The highest BCUT2D eigenvalue weighted by atomic mass is 16.5. The van der Waals surface area contributed by atoms with Gasteiger partial charge in [0.1, 0.15) is 11.7 Å². The van der Waals surface area contributed by atoms with E-state index in [0.29, 0.717) is 28.4 Å². The smallest absolute Gasteiger partial charge is 0.321 e. The maximum atomic E-state index is 13.4. The number of carbonyl (C=O) groups is 2. The lowest BCUT2D eigenvalue weighted by Crippen LogP contribution is -2.18. The van der Waals surface area contributed by atoms with Gasteiger partial charge in [-0.1, -0.05) is 20.8 Å². The molecule has 47 heavy (non-hydrogen) atoms. The predicted molar refractivity (Wildman–Crippen MR) is 181 cm³/mol. The number of hydrogen-bond donors (Lipinski definition) is 4. The van der Waals surface area contributed by atoms with Crippen molar-refractivity contribution in [3.8, 4) is 0 Å². The number of aryl methyl sites for hydroxylation is 2. The first-order valence-corrected chi connectivity index (χ1v) is 16.5. The molecule has 6 rings (SSSR count). The van der Waals surface area contributed by atoms with Gasteiger partial charge in [-0.05, 0) is 69.9 Å². The van der Waals surface area contributed by atoms with Crippen LogP contribution in [-0.2, 0) is 19.1 Å². The number of aromatic amines is 2. The van der Waals surface area contributed by atoms with Crippen LogP contribution in [0.25, 0.3) is 33.6 Å². The summed E-state index contributed by atoms with van der Waals surface area (Å²) in [5.41, 5.74) is 8.44. The summed E-state index contributed by atoms with van der Waals surface area (Å²) in [6.07, 6.45) is 1.49. The number of aliphatic hydroxyl groups is 2. The molecule has 0 spiro atoms. The minimum absolute atomic E-state index is 0.0777. The molecule has 3 aromatic rings. The van der Waals surface area contributed by atoms with Crippen LogP contribution < -0.4 is 10.4 Å². The van der Waals surface area contributed by atoms with Crippen molar-refractivity contribution in [3.63, 3.8) is 0 Å². The Morgan fingerprint density at radius 1 is 0.915 bits per heavy atom. The van der Waals surface area contributed by atoms with Gasteiger partial charge in [-0.2, -0.15) is 0 Å². The Hall–Kier alpha value is -4.60. The summed E-state index contributed by atoms with van der Waals surface area (Å²) in [5.74, 6) is -1.94. The number of esters is 2. The average molecular weight is 641 g/mol. The minimum Gasteiger partial charge on any atom is -0.512 e. The van der Waals surface area contributed by atoms with Crippen molar-refractivity contribution in [2.75, 3.05) is 13.7 Å². The molecule has 5 atom stereocenters. The molecule has 0 saturated carbocycles. The van der Waals surface area contributed by atoms with Crippen LogP contribution in [0.2, 0.25) is 0 Å². The molecule has 0 aromatic carbocycles. The number of rotatable bonds is 6. The van der Waals surface area contributed by atoms with E-state index in [2.05, 4.69) is 30.7 Å². The SMILES string of the molecule is CCOC(=O)CC[C@@H]1c2nc(cc3[nH]c(cc4nc(cc5[nH]c6c2[C@@H](C(=O)OC)C(O)=c6c5C)[C@H](CC)[C@H]4C)c(=C(C)O)c3C)[C@H]1C. The van der Waals surface area contributed by atoms with Crippen LogP contribution in [0.3, 0.4) is 0 Å². The van der Waals surface area contributed by atoms with Gasteiger partial charge in [0.25, 0.3) is 0 Å². The fourth-order valence-electron chi connectivity index (χ4n) is 7.87. The normalized spacial score (nSPS) is 22.4. The molecular weight excluding hydrogens is 596 g/mol. The lowest BCUT2D eigenvalue weighted by molar-refractivity contribution is -0.143. The van der Waals surface area contributed by atoms with Gasteiger partial charge in [-0.3, -0.25) is 19.6 Å². The zero-order valence-electron chi connectivity index (χ0n) is 28.4. The Bertz CT molecular complexity index is 2090. The highest BCUT2D eigenvalue weighted by molar-refractivity contribution is 5.96. The molecule has 10 heteroatoms. The van der Waals surface area contributed by atoms with Crippen molar-refractivity contribution in [2.45, 2.75) is 97.3 Å². The van der Waals surface area contributed by atoms with E-state index in [-0.39, 0.29) is 54.2 Å². The molecule has 10 nitrogen and oxygen atoms in total. The number of H-pyrrole nitrogens is 2. The van der Waals surface area contributed by atoms with Crippen LogP contribution in [0.15, 0.2) is 18.2 Å². The standard InChI is InChI=1S/C37H44N4O6/c1-9-21-16(3)23-15-28-30(20(7)42)18(5)25(39-28)13-24-17(4)22(11-12-29(43)47-10-2)34(40-24)32-33(37(45)46-8)36(44)31-19(6)26(41-35(31)32)14-27(21)38-23/h13-17,21-22,33,39,41-42,44H,9-12H2,1-8H3/t16-,17+,21-,22+,33-/m1/s1. The second kappa shape index (κ2) is 12.2. The monoisotopic (exact) mass is 640 g/mol. The largest absolute Gasteiger partial charge is 0.512 e. The van der Waals surface area contributed by atoms with E-state index in [4.69, 9.17) is 19.4 Å². The quantitative estimate of drug-likeness (QED) is 0.237. The molecule has 3 aliphatic rings. The summed E-state index contributed by atoms with van der Waals surface area (Å²) in [6.45, 7) is 14.0. The van der Waals surface area contributed by atoms with Crippen molar-refractivity contribution in [2.24, 2.45) is 0 Å². The summed E-state index contributed by atoms with van der Waals surface area (Å²) in [4.78, 5) is 43.3. The van der Waals surface area contributed by atoms with Crippen LogP contribution in [0.5, 0.6) is 0 Å². The third-order valence-corrected chi connectivity index (χ3v) is 10.4. The molecule has 0 radical (unpaired) electrons. The number of fused-ring (bicyclic) bond motifs is 8. The second-order valence-corrected chi connectivity index (χ2v) is 13.1. The van der Waals surface area contributed by atoms with Gasteiger partial charge in [0.2, 0.25) is 0 Å². The van der Waals surface area contributed by atoms with Gasteiger partial charge in [-0.25, -0.2) is 0 Å². The zero-order chi connectivity index (χ0) is 33.9. The van der Waals surface area contributed by atoms with E-state index in [1.165, 1.54) is 7.11 Å². The summed E-state index contributed by atoms with van der Waals surface area (Å²) < 4.78 is 10.5. The Balaban J connectivity index is 1.79. The zero-order valence-corrected chi connectivity index (χ0v) is 28.4. The van der Waals surface area contributed by atoms with Crippen LogP contribution in [0.1, 0.15) is 123 Å². The summed E-state index contributed by atoms with van der Waals surface area (Å²) in [7, 11) is 1.31. The first-order valence-electron chi connectivity index (χ1n) is 16.5. The molecule has 8 bridgehead atoms. The van der Waals surface area contributed by atoms with Crippen molar-refractivity contribution in [1.29, 1.82) is 0 Å². The van der Waals surface area contributed by atoms with Crippen LogP contribution in [-0.4, -0.2) is 55.8 Å². The second-order valence-electron chi connectivity index (χ2n) is 13.1. The first kappa shape index (κ1) is 32.3. The van der Waals surface area contributed by atoms with Gasteiger partial charge in [0.15, 0.2) is 0 Å². The number of aliphatic hydroxyl groups excluding tert-OH is 2. The lowest BCUT2D eigenvalue weighted by Gasteiger charge is -2.19. The molecule has 248 valence electrons.